The van der Waals surface area contributed by atoms with E-state index in [1.165, 1.54) is 0 Å². The number of nitrogens with one attached hydrogen (secondary N) is 1. The summed E-state index contributed by atoms with van der Waals surface area (Å²) in [6.45, 7) is 5.31. The number of benzene rings is 1. The van der Waals surface area contributed by atoms with Gasteiger partial charge in [-0.05, 0) is 38.0 Å². The van der Waals surface area contributed by atoms with Crippen molar-refractivity contribution in [1.29, 1.82) is 5.26 Å². The van der Waals surface area contributed by atoms with Gasteiger partial charge in [0.25, 0.3) is 5.69 Å². The maximum absolute atomic E-state index is 13.2. The molecule has 152 valence electrons. The number of amides is 1. The number of nitrogens with zero attached hydrogens (tertiary/aromatic N) is 3. The summed E-state index contributed by atoms with van der Waals surface area (Å²) in [5.74, 6) is -1.06. The van der Waals surface area contributed by atoms with E-state index >= 15 is 0 Å². The minimum Gasteiger partial charge on any atom is -0.325 e. The van der Waals surface area contributed by atoms with Crippen molar-refractivity contribution in [2.45, 2.75) is 32.0 Å². The summed E-state index contributed by atoms with van der Waals surface area (Å²) in [4.78, 5) is 26.2. The third kappa shape index (κ3) is 5.03. The molecule has 0 unspecified atom stereocenters. The summed E-state index contributed by atoms with van der Waals surface area (Å²) in [6, 6.07) is 4.10. The number of nitriles is 1. The summed E-state index contributed by atoms with van der Waals surface area (Å²) >= 11 is 0.922. The number of alkyl halides is 3. The molecule has 1 aromatic heterocycles. The molecule has 0 aliphatic heterocycles. The summed E-state index contributed by atoms with van der Waals surface area (Å²) < 4.78 is 39.6. The second-order valence-electron chi connectivity index (χ2n) is 6.06. The van der Waals surface area contributed by atoms with Gasteiger partial charge in [0.2, 0.25) is 5.91 Å². The van der Waals surface area contributed by atoms with Gasteiger partial charge in [0.15, 0.2) is 0 Å². The number of nitro groups is 1. The number of nitro benzene ring substituents is 1. The minimum absolute atomic E-state index is 0.294. The van der Waals surface area contributed by atoms with E-state index in [1.54, 1.807) is 13.8 Å². The molecule has 0 radical (unpaired) electrons. The Bertz CT molecular complexity index is 1030. The lowest BCUT2D eigenvalue weighted by atomic mass is 10.1. The quantitative estimate of drug-likeness (QED) is 0.429. The number of aryl methyl sites for hydroxylation is 1. The van der Waals surface area contributed by atoms with Crippen LogP contribution in [0.4, 0.5) is 24.5 Å². The second kappa shape index (κ2) is 8.48. The zero-order valence-electron chi connectivity index (χ0n) is 15.5. The van der Waals surface area contributed by atoms with Gasteiger partial charge in [-0.25, -0.2) is 4.98 Å². The van der Waals surface area contributed by atoms with Crippen LogP contribution in [0.5, 0.6) is 0 Å². The molecular formula is C18H15F3N4O3S. The Morgan fingerprint density at radius 1 is 1.31 bits per heavy atom. The van der Waals surface area contributed by atoms with Gasteiger partial charge in [-0.15, -0.1) is 0 Å². The molecule has 0 aliphatic rings. The lowest BCUT2D eigenvalue weighted by Gasteiger charge is -2.14. The Hall–Kier alpha value is -3.13. The number of hydrogen-bond acceptors (Lipinski definition) is 6. The molecule has 1 amide bonds. The molecule has 0 fully saturated rings. The molecule has 0 bridgehead atoms. The molecule has 1 heterocycles. The molecule has 11 heteroatoms. The highest BCUT2D eigenvalue weighted by atomic mass is 32.2. The second-order valence-corrected chi connectivity index (χ2v) is 7.02. The highest BCUT2D eigenvalue weighted by Gasteiger charge is 2.35. The van der Waals surface area contributed by atoms with E-state index in [0.717, 1.165) is 35.0 Å². The van der Waals surface area contributed by atoms with Crippen molar-refractivity contribution in [2.75, 3.05) is 11.1 Å². The number of carbonyl (C=O) groups excluding carboxylic acids is 1. The van der Waals surface area contributed by atoms with Crippen molar-refractivity contribution >= 4 is 29.0 Å². The van der Waals surface area contributed by atoms with Crippen LogP contribution in [0.25, 0.3) is 0 Å². The van der Waals surface area contributed by atoms with Crippen LogP contribution in [0.1, 0.15) is 27.9 Å². The number of anilines is 1. The van der Waals surface area contributed by atoms with E-state index in [-0.39, 0.29) is 5.75 Å². The summed E-state index contributed by atoms with van der Waals surface area (Å²) in [6.07, 6.45) is -4.89. The van der Waals surface area contributed by atoms with Gasteiger partial charge in [-0.3, -0.25) is 14.9 Å². The van der Waals surface area contributed by atoms with Crippen LogP contribution in [-0.4, -0.2) is 21.6 Å². The van der Waals surface area contributed by atoms with Gasteiger partial charge in [-0.1, -0.05) is 11.8 Å². The highest BCUT2D eigenvalue weighted by molar-refractivity contribution is 8.00. The average Bonchev–Trinajstić information content (AvgIpc) is 2.63. The van der Waals surface area contributed by atoms with E-state index in [2.05, 4.69) is 10.3 Å². The normalized spacial score (nSPS) is 11.1. The third-order valence-electron chi connectivity index (χ3n) is 4.21. The van der Waals surface area contributed by atoms with Crippen LogP contribution in [0.2, 0.25) is 0 Å². The summed E-state index contributed by atoms with van der Waals surface area (Å²) in [5.41, 5.74) is -0.0930. The fourth-order valence-electron chi connectivity index (χ4n) is 2.46. The van der Waals surface area contributed by atoms with Crippen LogP contribution in [0.15, 0.2) is 23.2 Å². The van der Waals surface area contributed by atoms with Gasteiger partial charge < -0.3 is 5.32 Å². The Labute approximate surface area is 168 Å². The molecular weight excluding hydrogens is 409 g/mol. The summed E-state index contributed by atoms with van der Waals surface area (Å²) in [5, 5.41) is 22.5. The third-order valence-corrected chi connectivity index (χ3v) is 5.18. The molecule has 29 heavy (non-hydrogen) atoms. The Kier molecular flexibility index (Phi) is 6.48. The molecule has 2 rings (SSSR count). The number of thioether (sulfide) groups is 1. The van der Waals surface area contributed by atoms with Crippen LogP contribution >= 0.6 is 11.8 Å². The SMILES string of the molecule is Cc1nc(SCC(=O)Nc2ccc([N+](=O)[O-])cc2C(F)(F)F)c(C#N)c(C)c1C. The molecule has 0 spiro atoms. The summed E-state index contributed by atoms with van der Waals surface area (Å²) in [7, 11) is 0. The topological polar surface area (TPSA) is 109 Å². The molecule has 1 N–H and O–H groups in total. The Morgan fingerprint density at radius 2 is 1.97 bits per heavy atom. The largest absolute Gasteiger partial charge is 0.418 e. The van der Waals surface area contributed by atoms with Gasteiger partial charge in [0, 0.05) is 17.8 Å². The van der Waals surface area contributed by atoms with Crippen molar-refractivity contribution in [3.8, 4) is 6.07 Å². The fourth-order valence-corrected chi connectivity index (χ4v) is 3.34. The van der Waals surface area contributed by atoms with E-state index < -0.39 is 33.9 Å². The van der Waals surface area contributed by atoms with Crippen molar-refractivity contribution in [2.24, 2.45) is 0 Å². The first-order chi connectivity index (χ1) is 13.5. The molecule has 0 saturated carbocycles. The molecule has 0 atom stereocenters. The first-order valence-electron chi connectivity index (χ1n) is 8.12. The predicted octanol–water partition coefficient (Wildman–Crippen LogP) is 4.54. The van der Waals surface area contributed by atoms with Crippen LogP contribution in [-0.2, 0) is 11.0 Å². The van der Waals surface area contributed by atoms with Gasteiger partial charge in [-0.2, -0.15) is 18.4 Å². The first-order valence-corrected chi connectivity index (χ1v) is 9.10. The maximum atomic E-state index is 13.2. The van der Waals surface area contributed by atoms with Crippen LogP contribution in [0.3, 0.4) is 0 Å². The number of pyridine rings is 1. The fraction of sp³-hybridized carbons (Fsp3) is 0.278. The van der Waals surface area contributed by atoms with E-state index in [9.17, 15) is 33.3 Å². The van der Waals surface area contributed by atoms with Crippen LogP contribution in [0, 0.1) is 42.2 Å². The number of hydrogen-bond donors (Lipinski definition) is 1. The monoisotopic (exact) mass is 424 g/mol. The standard InChI is InChI=1S/C18H15F3N4O3S/c1-9-10(2)13(7-22)17(23-11(9)3)29-8-16(26)24-15-5-4-12(25(27)28)6-14(15)18(19,20)21/h4-6H,8H2,1-3H3,(H,24,26). The first kappa shape index (κ1) is 22.2. The molecule has 0 saturated heterocycles. The number of aromatic nitrogens is 1. The molecule has 2 aromatic rings. The smallest absolute Gasteiger partial charge is 0.325 e. The number of halogens is 3. The van der Waals surface area contributed by atoms with Crippen molar-refractivity contribution < 1.29 is 22.9 Å². The van der Waals surface area contributed by atoms with Crippen molar-refractivity contribution in [1.82, 2.24) is 4.98 Å². The Morgan fingerprint density at radius 3 is 2.52 bits per heavy atom. The zero-order valence-corrected chi connectivity index (χ0v) is 16.4. The maximum Gasteiger partial charge on any atom is 0.418 e. The minimum atomic E-state index is -4.89. The number of rotatable bonds is 5. The average molecular weight is 424 g/mol. The van der Waals surface area contributed by atoms with E-state index in [4.69, 9.17) is 0 Å². The van der Waals surface area contributed by atoms with Crippen molar-refractivity contribution in [3.63, 3.8) is 0 Å². The number of non-ortho nitro benzene ring substituents is 1. The molecule has 1 aromatic carbocycles. The highest BCUT2D eigenvalue weighted by Crippen LogP contribution is 2.37. The molecule has 7 nitrogen and oxygen atoms in total. The van der Waals surface area contributed by atoms with Crippen molar-refractivity contribution in [3.05, 3.63) is 56.3 Å². The van der Waals surface area contributed by atoms with E-state index in [0.29, 0.717) is 22.3 Å². The van der Waals surface area contributed by atoms with Gasteiger partial charge in [0.05, 0.1) is 27.5 Å². The number of carbonyl (C=O) groups is 1. The van der Waals surface area contributed by atoms with Gasteiger partial charge in [0.1, 0.15) is 11.1 Å². The zero-order chi connectivity index (χ0) is 21.9. The van der Waals surface area contributed by atoms with Crippen LogP contribution < -0.4 is 5.32 Å². The van der Waals surface area contributed by atoms with Gasteiger partial charge >= 0.3 is 6.18 Å². The lowest BCUT2D eigenvalue weighted by molar-refractivity contribution is -0.385. The van der Waals surface area contributed by atoms with E-state index in [1.807, 2.05) is 13.0 Å². The predicted molar refractivity (Wildman–Crippen MR) is 101 cm³/mol. The molecule has 0 aliphatic carbocycles. The lowest BCUT2D eigenvalue weighted by Crippen LogP contribution is -2.18. The Balaban J connectivity index is 2.23.